The molecule has 0 aromatic rings. The molecular weight excluding hydrogens is 210 g/mol. The summed E-state index contributed by atoms with van der Waals surface area (Å²) in [6, 6.07) is 0. The summed E-state index contributed by atoms with van der Waals surface area (Å²) < 4.78 is 0. The van der Waals surface area contributed by atoms with Gasteiger partial charge in [-0.05, 0) is 63.4 Å². The van der Waals surface area contributed by atoms with Crippen molar-refractivity contribution < 1.29 is 15.3 Å². The molecule has 0 fully saturated rings. The Balaban J connectivity index is -0.0000000600. The predicted octanol–water partition coefficient (Wildman–Crippen LogP) is -1.22. The van der Waals surface area contributed by atoms with Crippen LogP contribution in [-0.2, 0) is 0 Å². The lowest BCUT2D eigenvalue weighted by Gasteiger charge is -1.90. The molecule has 0 radical (unpaired) electrons. The SMILES string of the molecule is CN(C)C.CN(C)C.CN(C)C.OC(O)O. The zero-order valence-corrected chi connectivity index (χ0v) is 12.3. The van der Waals surface area contributed by atoms with E-state index in [9.17, 15) is 0 Å². The van der Waals surface area contributed by atoms with Gasteiger partial charge in [-0.1, -0.05) is 0 Å². The van der Waals surface area contributed by atoms with Crippen LogP contribution in [0.2, 0.25) is 0 Å². The van der Waals surface area contributed by atoms with Crippen molar-refractivity contribution in [1.82, 2.24) is 14.7 Å². The second kappa shape index (κ2) is 20.2. The Morgan fingerprint density at radius 2 is 0.500 bits per heavy atom. The summed E-state index contributed by atoms with van der Waals surface area (Å²) in [5.41, 5.74) is 0. The van der Waals surface area contributed by atoms with Crippen molar-refractivity contribution in [3.63, 3.8) is 0 Å². The Bertz CT molecular complexity index is 64.3. The Morgan fingerprint density at radius 1 is 0.500 bits per heavy atom. The zero-order valence-electron chi connectivity index (χ0n) is 12.3. The molecule has 16 heavy (non-hydrogen) atoms. The molecular formula is C10H31N3O3. The Kier molecular flexibility index (Phi) is 31.4. The van der Waals surface area contributed by atoms with Crippen LogP contribution < -0.4 is 0 Å². The fourth-order valence-electron chi connectivity index (χ4n) is 0. The van der Waals surface area contributed by atoms with Gasteiger partial charge in [0.2, 0.25) is 0 Å². The molecule has 0 saturated carbocycles. The van der Waals surface area contributed by atoms with Crippen molar-refractivity contribution in [3.8, 4) is 0 Å². The molecule has 6 heteroatoms. The zero-order chi connectivity index (χ0) is 14.3. The highest BCUT2D eigenvalue weighted by Crippen LogP contribution is 1.49. The average Bonchev–Trinajstić information content (AvgIpc) is 1.76. The standard InChI is InChI=1S/3C3H9N.CH4O3/c3*1-4(2)3;2-1(3)4/h3*1-3H3;1-4H. The maximum Gasteiger partial charge on any atom is 0.263 e. The van der Waals surface area contributed by atoms with Crippen LogP contribution in [0, 0.1) is 0 Å². The third-order valence-corrected chi connectivity index (χ3v) is 0. The number of hydrogen-bond donors (Lipinski definition) is 3. The Morgan fingerprint density at radius 3 is 0.500 bits per heavy atom. The first-order valence-corrected chi connectivity index (χ1v) is 4.80. The summed E-state index contributed by atoms with van der Waals surface area (Å²) in [4.78, 5) is 6.00. The van der Waals surface area contributed by atoms with Gasteiger partial charge in [-0.3, -0.25) is 0 Å². The third-order valence-electron chi connectivity index (χ3n) is 0. The molecule has 0 atom stereocenters. The van der Waals surface area contributed by atoms with Gasteiger partial charge in [-0.25, -0.2) is 0 Å². The molecule has 0 aromatic carbocycles. The fourth-order valence-corrected chi connectivity index (χ4v) is 0. The summed E-state index contributed by atoms with van der Waals surface area (Å²) in [6.07, 6.45) is 0. The fraction of sp³-hybridized carbons (Fsp3) is 1.00. The first-order chi connectivity index (χ1) is 6.93. The number of nitrogens with zero attached hydrogens (tertiary/aromatic N) is 3. The third kappa shape index (κ3) is 38900. The summed E-state index contributed by atoms with van der Waals surface area (Å²) >= 11 is 0. The van der Waals surface area contributed by atoms with Crippen LogP contribution in [0.5, 0.6) is 0 Å². The van der Waals surface area contributed by atoms with E-state index in [4.69, 9.17) is 15.3 Å². The summed E-state index contributed by atoms with van der Waals surface area (Å²) in [6.45, 7) is -2.17. The number of aliphatic hydroxyl groups excluding tert-OH is 1. The van der Waals surface area contributed by atoms with E-state index in [2.05, 4.69) is 0 Å². The van der Waals surface area contributed by atoms with E-state index in [1.165, 1.54) is 0 Å². The first-order valence-electron chi connectivity index (χ1n) is 4.80. The van der Waals surface area contributed by atoms with Gasteiger partial charge in [0.05, 0.1) is 0 Å². The molecule has 0 amide bonds. The van der Waals surface area contributed by atoms with E-state index in [0.29, 0.717) is 0 Å². The predicted molar refractivity (Wildman–Crippen MR) is 69.3 cm³/mol. The van der Waals surface area contributed by atoms with Crippen LogP contribution in [0.4, 0.5) is 0 Å². The van der Waals surface area contributed by atoms with Gasteiger partial charge in [0, 0.05) is 0 Å². The van der Waals surface area contributed by atoms with Crippen LogP contribution in [-0.4, -0.2) is 99.9 Å². The largest absolute Gasteiger partial charge is 0.346 e. The van der Waals surface area contributed by atoms with Crippen LogP contribution in [0.15, 0.2) is 0 Å². The molecule has 0 aliphatic carbocycles. The van der Waals surface area contributed by atoms with E-state index >= 15 is 0 Å². The van der Waals surface area contributed by atoms with E-state index in [1.807, 2.05) is 78.1 Å². The van der Waals surface area contributed by atoms with Crippen molar-refractivity contribution in [3.05, 3.63) is 0 Å². The second-order valence-electron chi connectivity index (χ2n) is 4.37. The summed E-state index contributed by atoms with van der Waals surface area (Å²) in [5.74, 6) is 0. The van der Waals surface area contributed by atoms with Crippen molar-refractivity contribution in [2.45, 2.75) is 6.48 Å². The molecule has 6 nitrogen and oxygen atoms in total. The smallest absolute Gasteiger partial charge is 0.263 e. The lowest BCUT2D eigenvalue weighted by molar-refractivity contribution is -0.198. The number of hydrogen-bond acceptors (Lipinski definition) is 6. The molecule has 0 bridgehead atoms. The van der Waals surface area contributed by atoms with Crippen LogP contribution in [0.1, 0.15) is 0 Å². The van der Waals surface area contributed by atoms with E-state index in [-0.39, 0.29) is 0 Å². The number of rotatable bonds is 0. The Labute approximate surface area is 101 Å². The molecule has 0 spiro atoms. The highest BCUT2D eigenvalue weighted by atomic mass is 16.6. The minimum atomic E-state index is -2.17. The van der Waals surface area contributed by atoms with Gasteiger partial charge in [-0.2, -0.15) is 0 Å². The van der Waals surface area contributed by atoms with Crippen molar-refractivity contribution in [2.75, 3.05) is 63.4 Å². The van der Waals surface area contributed by atoms with Gasteiger partial charge in [0.15, 0.2) is 0 Å². The van der Waals surface area contributed by atoms with Gasteiger partial charge in [-0.15, -0.1) is 0 Å². The summed E-state index contributed by atoms with van der Waals surface area (Å²) in [7, 11) is 18.0. The highest BCUT2D eigenvalue weighted by Gasteiger charge is 1.72. The maximum absolute atomic E-state index is 7.17. The minimum absolute atomic E-state index is 2.00. The van der Waals surface area contributed by atoms with Crippen LogP contribution in [0.25, 0.3) is 0 Å². The van der Waals surface area contributed by atoms with Crippen molar-refractivity contribution in [1.29, 1.82) is 0 Å². The molecule has 104 valence electrons. The average molecular weight is 241 g/mol. The van der Waals surface area contributed by atoms with Crippen molar-refractivity contribution >= 4 is 0 Å². The molecule has 0 unspecified atom stereocenters. The normalized spacial score (nSPS) is 9.00. The van der Waals surface area contributed by atoms with Crippen molar-refractivity contribution in [2.24, 2.45) is 0 Å². The van der Waals surface area contributed by atoms with E-state index in [0.717, 1.165) is 0 Å². The highest BCUT2D eigenvalue weighted by molar-refractivity contribution is 4.10. The molecule has 3 N–H and O–H groups in total. The molecule has 0 rings (SSSR count). The van der Waals surface area contributed by atoms with Gasteiger partial charge in [0.1, 0.15) is 0 Å². The van der Waals surface area contributed by atoms with Crippen LogP contribution >= 0.6 is 0 Å². The first kappa shape index (κ1) is 24.8. The molecule has 0 aliphatic heterocycles. The van der Waals surface area contributed by atoms with Gasteiger partial charge >= 0.3 is 0 Å². The number of aliphatic hydroxyl groups is 3. The molecule has 0 saturated heterocycles. The summed E-state index contributed by atoms with van der Waals surface area (Å²) in [5, 5.41) is 21.5. The quantitative estimate of drug-likeness (QED) is 0.462. The molecule has 0 aliphatic rings. The lowest BCUT2D eigenvalue weighted by Crippen LogP contribution is -1.99. The second-order valence-corrected chi connectivity index (χ2v) is 4.37. The van der Waals surface area contributed by atoms with E-state index in [1.54, 1.807) is 0 Å². The van der Waals surface area contributed by atoms with Crippen LogP contribution in [0.3, 0.4) is 0 Å². The minimum Gasteiger partial charge on any atom is -0.346 e. The maximum atomic E-state index is 7.17. The Hall–Kier alpha value is -0.240. The van der Waals surface area contributed by atoms with Gasteiger partial charge in [0.25, 0.3) is 6.48 Å². The monoisotopic (exact) mass is 241 g/mol. The lowest BCUT2D eigenvalue weighted by atomic mass is 11.0. The topological polar surface area (TPSA) is 70.4 Å². The van der Waals surface area contributed by atoms with E-state index < -0.39 is 6.48 Å². The molecule has 0 heterocycles. The molecule has 0 aromatic heterocycles. The van der Waals surface area contributed by atoms with Gasteiger partial charge < -0.3 is 30.0 Å².